The normalized spacial score (nSPS) is 18.4. The van der Waals surface area contributed by atoms with Crippen LogP contribution in [0.15, 0.2) is 47.8 Å². The predicted molar refractivity (Wildman–Crippen MR) is 106 cm³/mol. The summed E-state index contributed by atoms with van der Waals surface area (Å²) in [7, 11) is 0. The number of hydrogen-bond donors (Lipinski definition) is 0. The second-order valence-electron chi connectivity index (χ2n) is 7.44. The Balaban J connectivity index is 1.45. The molecule has 7 heteroatoms. The van der Waals surface area contributed by atoms with Crippen molar-refractivity contribution in [3.8, 4) is 11.3 Å². The van der Waals surface area contributed by atoms with Gasteiger partial charge in [-0.2, -0.15) is 5.10 Å². The van der Waals surface area contributed by atoms with Crippen molar-refractivity contribution in [2.24, 2.45) is 0 Å². The SMILES string of the molecule is O=c1ccc(-c2ccncc2)nn1CC1CCCN1c1ncnc2c1CCC2. The highest BCUT2D eigenvalue weighted by molar-refractivity contribution is 5.57. The maximum Gasteiger partial charge on any atom is 0.266 e. The summed E-state index contributed by atoms with van der Waals surface area (Å²) in [5.41, 5.74) is 4.15. The summed E-state index contributed by atoms with van der Waals surface area (Å²) in [6.45, 7) is 1.53. The van der Waals surface area contributed by atoms with Gasteiger partial charge in [0.25, 0.3) is 5.56 Å². The quantitative estimate of drug-likeness (QED) is 0.697. The summed E-state index contributed by atoms with van der Waals surface area (Å²) in [5, 5.41) is 4.62. The van der Waals surface area contributed by atoms with E-state index in [1.165, 1.54) is 11.3 Å². The molecule has 4 heterocycles. The molecule has 0 spiro atoms. The van der Waals surface area contributed by atoms with E-state index in [1.807, 2.05) is 12.1 Å². The van der Waals surface area contributed by atoms with E-state index in [9.17, 15) is 4.79 Å². The number of aryl methyl sites for hydroxylation is 1. The van der Waals surface area contributed by atoms with Crippen molar-refractivity contribution < 1.29 is 0 Å². The average molecular weight is 374 g/mol. The van der Waals surface area contributed by atoms with E-state index < -0.39 is 0 Å². The van der Waals surface area contributed by atoms with Crippen LogP contribution < -0.4 is 10.5 Å². The first-order chi connectivity index (χ1) is 13.8. The van der Waals surface area contributed by atoms with E-state index in [-0.39, 0.29) is 11.6 Å². The number of nitrogens with zero attached hydrogens (tertiary/aromatic N) is 6. The van der Waals surface area contributed by atoms with Crippen LogP contribution in [0.1, 0.15) is 30.5 Å². The van der Waals surface area contributed by atoms with Crippen LogP contribution in [0.25, 0.3) is 11.3 Å². The minimum atomic E-state index is -0.0717. The summed E-state index contributed by atoms with van der Waals surface area (Å²) in [4.78, 5) is 27.9. The van der Waals surface area contributed by atoms with Gasteiger partial charge >= 0.3 is 0 Å². The molecule has 0 N–H and O–H groups in total. The fourth-order valence-electron chi connectivity index (χ4n) is 4.35. The minimum absolute atomic E-state index is 0.0717. The van der Waals surface area contributed by atoms with E-state index in [0.29, 0.717) is 6.54 Å². The molecule has 7 nitrogen and oxygen atoms in total. The molecule has 1 unspecified atom stereocenters. The molecule has 1 aliphatic carbocycles. The lowest BCUT2D eigenvalue weighted by atomic mass is 10.2. The molecule has 1 atom stereocenters. The number of anilines is 1. The molecule has 142 valence electrons. The lowest BCUT2D eigenvalue weighted by Crippen LogP contribution is -2.38. The first-order valence-electron chi connectivity index (χ1n) is 9.87. The fourth-order valence-corrected chi connectivity index (χ4v) is 4.35. The van der Waals surface area contributed by atoms with Crippen molar-refractivity contribution in [1.29, 1.82) is 0 Å². The van der Waals surface area contributed by atoms with Crippen LogP contribution in [0.5, 0.6) is 0 Å². The number of pyridine rings is 1. The molecule has 5 rings (SSSR count). The van der Waals surface area contributed by atoms with Crippen molar-refractivity contribution in [2.75, 3.05) is 11.4 Å². The Morgan fingerprint density at radius 2 is 1.93 bits per heavy atom. The fraction of sp³-hybridized carbons (Fsp3) is 0.381. The molecule has 0 amide bonds. The Morgan fingerprint density at radius 1 is 1.04 bits per heavy atom. The van der Waals surface area contributed by atoms with Crippen LogP contribution in [0, 0.1) is 0 Å². The Morgan fingerprint density at radius 3 is 2.82 bits per heavy atom. The Bertz CT molecular complexity index is 1050. The summed E-state index contributed by atoms with van der Waals surface area (Å²) in [6, 6.07) is 7.41. The van der Waals surface area contributed by atoms with Crippen molar-refractivity contribution >= 4 is 5.82 Å². The van der Waals surface area contributed by atoms with Crippen LogP contribution in [-0.4, -0.2) is 37.3 Å². The van der Waals surface area contributed by atoms with Gasteiger partial charge in [-0.15, -0.1) is 0 Å². The van der Waals surface area contributed by atoms with E-state index in [1.54, 1.807) is 35.5 Å². The zero-order chi connectivity index (χ0) is 18.9. The molecule has 3 aromatic rings. The molecule has 0 radical (unpaired) electrons. The monoisotopic (exact) mass is 374 g/mol. The van der Waals surface area contributed by atoms with Crippen molar-refractivity contribution in [3.63, 3.8) is 0 Å². The smallest absolute Gasteiger partial charge is 0.266 e. The van der Waals surface area contributed by atoms with E-state index in [2.05, 4.69) is 25.0 Å². The zero-order valence-corrected chi connectivity index (χ0v) is 15.7. The lowest BCUT2D eigenvalue weighted by Gasteiger charge is -2.27. The summed E-state index contributed by atoms with van der Waals surface area (Å²) < 4.78 is 1.60. The Labute approximate surface area is 163 Å². The van der Waals surface area contributed by atoms with Crippen molar-refractivity contribution in [2.45, 2.75) is 44.7 Å². The number of rotatable bonds is 4. The number of hydrogen-bond acceptors (Lipinski definition) is 6. The third kappa shape index (κ3) is 3.06. The average Bonchev–Trinajstić information content (AvgIpc) is 3.39. The topological polar surface area (TPSA) is 76.8 Å². The third-order valence-corrected chi connectivity index (χ3v) is 5.73. The van der Waals surface area contributed by atoms with Gasteiger partial charge < -0.3 is 4.90 Å². The molecule has 28 heavy (non-hydrogen) atoms. The van der Waals surface area contributed by atoms with Gasteiger partial charge in [-0.05, 0) is 50.3 Å². The summed E-state index contributed by atoms with van der Waals surface area (Å²) in [5.74, 6) is 1.06. The Kier molecular flexibility index (Phi) is 4.35. The molecule has 0 aromatic carbocycles. The summed E-state index contributed by atoms with van der Waals surface area (Å²) in [6.07, 6.45) is 10.5. The molecule has 1 saturated heterocycles. The van der Waals surface area contributed by atoms with Gasteiger partial charge in [0.2, 0.25) is 0 Å². The van der Waals surface area contributed by atoms with Gasteiger partial charge in [-0.1, -0.05) is 0 Å². The van der Waals surface area contributed by atoms with Gasteiger partial charge in [0.1, 0.15) is 12.1 Å². The van der Waals surface area contributed by atoms with Gasteiger partial charge in [0.05, 0.1) is 18.3 Å². The maximum atomic E-state index is 12.5. The number of aromatic nitrogens is 5. The van der Waals surface area contributed by atoms with Crippen molar-refractivity contribution in [3.05, 3.63) is 64.6 Å². The predicted octanol–water partition coefficient (Wildman–Crippen LogP) is 2.25. The second kappa shape index (κ2) is 7.14. The van der Waals surface area contributed by atoms with E-state index in [4.69, 9.17) is 0 Å². The second-order valence-corrected chi connectivity index (χ2v) is 7.44. The van der Waals surface area contributed by atoms with Crippen LogP contribution in [0.2, 0.25) is 0 Å². The standard InChI is InChI=1S/C21H22N6O/c28-20-7-6-18(15-8-10-22-11-9-15)25-27(20)13-16-3-2-12-26(16)21-17-4-1-5-19(17)23-14-24-21/h6-11,14,16H,1-5,12-13H2. The van der Waals surface area contributed by atoms with Crippen molar-refractivity contribution in [1.82, 2.24) is 24.7 Å². The highest BCUT2D eigenvalue weighted by Gasteiger charge is 2.30. The molecule has 3 aromatic heterocycles. The minimum Gasteiger partial charge on any atom is -0.351 e. The molecular weight excluding hydrogens is 352 g/mol. The largest absolute Gasteiger partial charge is 0.351 e. The van der Waals surface area contributed by atoms with E-state index in [0.717, 1.165) is 55.7 Å². The van der Waals surface area contributed by atoms with Crippen LogP contribution >= 0.6 is 0 Å². The van der Waals surface area contributed by atoms with Gasteiger partial charge in [-0.3, -0.25) is 9.78 Å². The van der Waals surface area contributed by atoms with E-state index >= 15 is 0 Å². The summed E-state index contributed by atoms with van der Waals surface area (Å²) >= 11 is 0. The lowest BCUT2D eigenvalue weighted by molar-refractivity contribution is 0.488. The van der Waals surface area contributed by atoms with Crippen LogP contribution in [0.3, 0.4) is 0 Å². The molecule has 1 aliphatic heterocycles. The van der Waals surface area contributed by atoms with Gasteiger partial charge in [0.15, 0.2) is 0 Å². The molecule has 0 bridgehead atoms. The maximum absolute atomic E-state index is 12.5. The molecular formula is C21H22N6O. The third-order valence-electron chi connectivity index (χ3n) is 5.73. The molecule has 2 aliphatic rings. The van der Waals surface area contributed by atoms with Crippen LogP contribution in [0.4, 0.5) is 5.82 Å². The highest BCUT2D eigenvalue weighted by Crippen LogP contribution is 2.32. The molecule has 1 fully saturated rings. The first kappa shape index (κ1) is 17.0. The highest BCUT2D eigenvalue weighted by atomic mass is 16.1. The molecule has 0 saturated carbocycles. The van der Waals surface area contributed by atoms with Crippen LogP contribution in [-0.2, 0) is 19.4 Å². The first-order valence-corrected chi connectivity index (χ1v) is 9.87. The zero-order valence-electron chi connectivity index (χ0n) is 15.7. The van der Waals surface area contributed by atoms with Gasteiger partial charge in [0, 0.05) is 41.8 Å². The Hall–Kier alpha value is -3.09. The van der Waals surface area contributed by atoms with Gasteiger partial charge in [-0.25, -0.2) is 14.6 Å². The number of fused-ring (bicyclic) bond motifs is 1.